The molecule has 0 heterocycles. The fourth-order valence-corrected chi connectivity index (χ4v) is 0.795. The fourth-order valence-electron chi connectivity index (χ4n) is 0.795. The van der Waals surface area contributed by atoms with Crippen LogP contribution in [-0.4, -0.2) is 29.1 Å². The average Bonchev–Trinajstić information content (AvgIpc) is 2.01. The number of halogens is 5. The maximum absolute atomic E-state index is 12.6. The lowest BCUT2D eigenvalue weighted by atomic mass is 10.0. The number of carbonyl (C=O) groups excluding carboxylic acids is 1. The van der Waals surface area contributed by atoms with Crippen LogP contribution in [0.15, 0.2) is 0 Å². The van der Waals surface area contributed by atoms with E-state index in [4.69, 9.17) is 5.11 Å². The van der Waals surface area contributed by atoms with E-state index in [-0.39, 0.29) is 6.42 Å². The second kappa shape index (κ2) is 4.20. The standard InChI is InChI=1S/C7H9F5O2/c1-2-3-4(13)6(8,9)5(14)7(10,11)12/h4,13H,2-3H2,1H3/t4-/m1/s1. The predicted molar refractivity (Wildman–Crippen MR) is 36.9 cm³/mol. The van der Waals surface area contributed by atoms with Gasteiger partial charge >= 0.3 is 17.9 Å². The molecule has 0 aliphatic carbocycles. The molecule has 0 aromatic rings. The van der Waals surface area contributed by atoms with Crippen LogP contribution >= 0.6 is 0 Å². The van der Waals surface area contributed by atoms with Crippen molar-refractivity contribution in [2.45, 2.75) is 38.0 Å². The van der Waals surface area contributed by atoms with Gasteiger partial charge in [0.2, 0.25) is 0 Å². The molecule has 0 rings (SSSR count). The van der Waals surface area contributed by atoms with Crippen molar-refractivity contribution < 1.29 is 31.9 Å². The van der Waals surface area contributed by atoms with Crippen molar-refractivity contribution in [2.24, 2.45) is 0 Å². The van der Waals surface area contributed by atoms with Crippen molar-refractivity contribution in [2.75, 3.05) is 0 Å². The Morgan fingerprint density at radius 2 is 1.71 bits per heavy atom. The zero-order valence-corrected chi connectivity index (χ0v) is 7.24. The summed E-state index contributed by atoms with van der Waals surface area (Å²) in [6, 6.07) is 0. The molecule has 0 aromatic heterocycles. The Labute approximate surface area is 76.7 Å². The third kappa shape index (κ3) is 2.90. The smallest absolute Gasteiger partial charge is 0.386 e. The zero-order valence-electron chi connectivity index (χ0n) is 7.24. The molecule has 0 spiro atoms. The van der Waals surface area contributed by atoms with Crippen LogP contribution in [0.1, 0.15) is 19.8 Å². The van der Waals surface area contributed by atoms with E-state index in [1.165, 1.54) is 6.92 Å². The molecule has 1 N–H and O–H groups in total. The second-order valence-corrected chi connectivity index (χ2v) is 2.75. The number of hydrogen-bond donors (Lipinski definition) is 1. The van der Waals surface area contributed by atoms with Gasteiger partial charge in [-0.1, -0.05) is 13.3 Å². The normalized spacial score (nSPS) is 15.4. The fraction of sp³-hybridized carbons (Fsp3) is 0.857. The third-order valence-electron chi connectivity index (χ3n) is 1.54. The monoisotopic (exact) mass is 220 g/mol. The van der Waals surface area contributed by atoms with Crippen LogP contribution in [0.4, 0.5) is 22.0 Å². The molecule has 0 radical (unpaired) electrons. The first-order valence-corrected chi connectivity index (χ1v) is 3.81. The van der Waals surface area contributed by atoms with Crippen LogP contribution in [0.3, 0.4) is 0 Å². The highest BCUT2D eigenvalue weighted by Gasteiger charge is 2.58. The second-order valence-electron chi connectivity index (χ2n) is 2.75. The molecule has 0 aromatic carbocycles. The summed E-state index contributed by atoms with van der Waals surface area (Å²) < 4.78 is 60.0. The number of carbonyl (C=O) groups is 1. The lowest BCUT2D eigenvalue weighted by Crippen LogP contribution is -2.48. The summed E-state index contributed by atoms with van der Waals surface area (Å²) in [6.45, 7) is 1.40. The lowest BCUT2D eigenvalue weighted by Gasteiger charge is -2.21. The van der Waals surface area contributed by atoms with Crippen molar-refractivity contribution in [1.82, 2.24) is 0 Å². The number of hydrogen-bond acceptors (Lipinski definition) is 2. The van der Waals surface area contributed by atoms with Gasteiger partial charge in [0.05, 0.1) is 0 Å². The van der Waals surface area contributed by atoms with Crippen LogP contribution in [0.5, 0.6) is 0 Å². The highest BCUT2D eigenvalue weighted by molar-refractivity contribution is 5.91. The molecule has 0 unspecified atom stereocenters. The lowest BCUT2D eigenvalue weighted by molar-refractivity contribution is -0.208. The molecule has 0 fully saturated rings. The Balaban J connectivity index is 4.69. The van der Waals surface area contributed by atoms with Gasteiger partial charge in [0.1, 0.15) is 6.10 Å². The van der Waals surface area contributed by atoms with E-state index in [2.05, 4.69) is 0 Å². The average molecular weight is 220 g/mol. The topological polar surface area (TPSA) is 37.3 Å². The maximum Gasteiger partial charge on any atom is 0.456 e. The molecule has 84 valence electrons. The summed E-state index contributed by atoms with van der Waals surface area (Å²) in [7, 11) is 0. The van der Waals surface area contributed by atoms with Crippen LogP contribution in [0, 0.1) is 0 Å². The van der Waals surface area contributed by atoms with E-state index in [0.29, 0.717) is 0 Å². The Kier molecular flexibility index (Phi) is 3.99. The first-order chi connectivity index (χ1) is 6.14. The van der Waals surface area contributed by atoms with Gasteiger partial charge in [-0.2, -0.15) is 22.0 Å². The van der Waals surface area contributed by atoms with E-state index in [1.807, 2.05) is 0 Å². The van der Waals surface area contributed by atoms with Crippen LogP contribution in [-0.2, 0) is 4.79 Å². The Hall–Kier alpha value is -0.720. The number of aliphatic hydroxyl groups is 1. The van der Waals surface area contributed by atoms with Gasteiger partial charge in [-0.3, -0.25) is 4.79 Å². The van der Waals surface area contributed by atoms with Crippen LogP contribution in [0.2, 0.25) is 0 Å². The summed E-state index contributed by atoms with van der Waals surface area (Å²) in [6.07, 6.45) is -8.71. The molecular weight excluding hydrogens is 211 g/mol. The van der Waals surface area contributed by atoms with Gasteiger partial charge < -0.3 is 5.11 Å². The SMILES string of the molecule is CCC[C@@H](O)C(F)(F)C(=O)C(F)(F)F. The molecule has 0 bridgehead atoms. The summed E-state index contributed by atoms with van der Waals surface area (Å²) in [4.78, 5) is 10.2. The first kappa shape index (κ1) is 13.3. The quantitative estimate of drug-likeness (QED) is 0.735. The molecule has 2 nitrogen and oxygen atoms in total. The largest absolute Gasteiger partial charge is 0.456 e. The Bertz CT molecular complexity index is 211. The molecule has 0 saturated heterocycles. The molecule has 1 atom stereocenters. The highest BCUT2D eigenvalue weighted by Crippen LogP contribution is 2.31. The summed E-state index contributed by atoms with van der Waals surface area (Å²) in [5.41, 5.74) is 0. The van der Waals surface area contributed by atoms with Crippen LogP contribution < -0.4 is 0 Å². The first-order valence-electron chi connectivity index (χ1n) is 3.81. The number of ketones is 1. The Morgan fingerprint density at radius 1 is 1.29 bits per heavy atom. The predicted octanol–water partition coefficient (Wildman–Crippen LogP) is 1.91. The van der Waals surface area contributed by atoms with Gasteiger partial charge in [0.15, 0.2) is 0 Å². The molecule has 0 saturated carbocycles. The van der Waals surface area contributed by atoms with Crippen molar-refractivity contribution in [3.63, 3.8) is 0 Å². The van der Waals surface area contributed by atoms with E-state index >= 15 is 0 Å². The minimum absolute atomic E-state index is 0.0574. The van der Waals surface area contributed by atoms with Crippen molar-refractivity contribution >= 4 is 5.78 Å². The number of alkyl halides is 5. The van der Waals surface area contributed by atoms with Gasteiger partial charge in [0.25, 0.3) is 0 Å². The van der Waals surface area contributed by atoms with E-state index in [0.717, 1.165) is 0 Å². The number of rotatable bonds is 4. The van der Waals surface area contributed by atoms with Crippen LogP contribution in [0.25, 0.3) is 0 Å². The molecule has 0 aliphatic heterocycles. The minimum atomic E-state index is -5.63. The minimum Gasteiger partial charge on any atom is -0.386 e. The molecule has 0 amide bonds. The number of aliphatic hydroxyl groups excluding tert-OH is 1. The molecule has 0 aliphatic rings. The third-order valence-corrected chi connectivity index (χ3v) is 1.54. The molecular formula is C7H9F5O2. The zero-order chi connectivity index (χ0) is 11.6. The van der Waals surface area contributed by atoms with Gasteiger partial charge in [-0.15, -0.1) is 0 Å². The van der Waals surface area contributed by atoms with Crippen molar-refractivity contribution in [3.8, 4) is 0 Å². The van der Waals surface area contributed by atoms with Gasteiger partial charge in [0, 0.05) is 0 Å². The number of Topliss-reactive ketones (excluding diaryl/α,β-unsaturated/α-hetero) is 1. The maximum atomic E-state index is 12.6. The van der Waals surface area contributed by atoms with Gasteiger partial charge in [-0.05, 0) is 6.42 Å². The van der Waals surface area contributed by atoms with Crippen molar-refractivity contribution in [3.05, 3.63) is 0 Å². The van der Waals surface area contributed by atoms with Gasteiger partial charge in [-0.25, -0.2) is 0 Å². The van der Waals surface area contributed by atoms with Crippen molar-refractivity contribution in [1.29, 1.82) is 0 Å². The summed E-state index contributed by atoms with van der Waals surface area (Å²) in [5, 5.41) is 8.64. The van der Waals surface area contributed by atoms with E-state index in [9.17, 15) is 26.7 Å². The van der Waals surface area contributed by atoms with E-state index in [1.54, 1.807) is 0 Å². The summed E-state index contributed by atoms with van der Waals surface area (Å²) >= 11 is 0. The highest BCUT2D eigenvalue weighted by atomic mass is 19.4. The summed E-state index contributed by atoms with van der Waals surface area (Å²) in [5.74, 6) is -7.96. The molecule has 14 heavy (non-hydrogen) atoms. The molecule has 7 heteroatoms. The Morgan fingerprint density at radius 3 is 2.00 bits per heavy atom. The van der Waals surface area contributed by atoms with E-state index < -0.39 is 30.4 Å².